The molecule has 3 nitrogen and oxygen atoms in total. The van der Waals surface area contributed by atoms with Crippen molar-refractivity contribution in [3.8, 4) is 5.75 Å². The molecular weight excluding hydrogens is 286 g/mol. The highest BCUT2D eigenvalue weighted by atomic mass is 35.5. The molecule has 0 saturated carbocycles. The van der Waals surface area contributed by atoms with Gasteiger partial charge in [0.25, 0.3) is 5.91 Å². The van der Waals surface area contributed by atoms with Crippen molar-refractivity contribution < 1.29 is 9.90 Å². The molecule has 0 heterocycles. The molecule has 21 heavy (non-hydrogen) atoms. The number of hydrogen-bond acceptors (Lipinski definition) is 2. The number of amides is 1. The number of aromatic hydroxyl groups is 1. The van der Waals surface area contributed by atoms with Gasteiger partial charge in [-0.05, 0) is 36.1 Å². The highest BCUT2D eigenvalue weighted by Crippen LogP contribution is 2.21. The Bertz CT molecular complexity index is 613. The summed E-state index contributed by atoms with van der Waals surface area (Å²) in [4.78, 5) is 12.0. The van der Waals surface area contributed by atoms with Crippen LogP contribution < -0.4 is 5.32 Å². The SMILES string of the molecule is CC(CCNC(=O)c1cc(O)ccc1Cl)c1ccccc1. The summed E-state index contributed by atoms with van der Waals surface area (Å²) in [5.74, 6) is 0.129. The lowest BCUT2D eigenvalue weighted by Crippen LogP contribution is -2.25. The number of phenols is 1. The van der Waals surface area contributed by atoms with Crippen molar-refractivity contribution in [2.75, 3.05) is 6.54 Å². The third-order valence-corrected chi connectivity index (χ3v) is 3.76. The second-order valence-corrected chi connectivity index (χ2v) is 5.43. The van der Waals surface area contributed by atoms with Crippen LogP contribution in [0.25, 0.3) is 0 Å². The van der Waals surface area contributed by atoms with Gasteiger partial charge in [-0.25, -0.2) is 0 Å². The highest BCUT2D eigenvalue weighted by Gasteiger charge is 2.11. The van der Waals surface area contributed by atoms with Gasteiger partial charge in [0, 0.05) is 6.54 Å². The van der Waals surface area contributed by atoms with E-state index >= 15 is 0 Å². The van der Waals surface area contributed by atoms with Crippen LogP contribution in [0.4, 0.5) is 0 Å². The minimum Gasteiger partial charge on any atom is -0.508 e. The molecule has 0 radical (unpaired) electrons. The van der Waals surface area contributed by atoms with Crippen LogP contribution in [-0.4, -0.2) is 17.6 Å². The van der Waals surface area contributed by atoms with Crippen molar-refractivity contribution >= 4 is 17.5 Å². The average molecular weight is 304 g/mol. The summed E-state index contributed by atoms with van der Waals surface area (Å²) in [6.07, 6.45) is 0.839. The Hall–Kier alpha value is -2.00. The highest BCUT2D eigenvalue weighted by molar-refractivity contribution is 6.33. The van der Waals surface area contributed by atoms with Crippen LogP contribution in [0, 0.1) is 0 Å². The second kappa shape index (κ2) is 7.14. The molecule has 0 aliphatic carbocycles. The molecule has 2 aromatic rings. The van der Waals surface area contributed by atoms with Gasteiger partial charge >= 0.3 is 0 Å². The van der Waals surface area contributed by atoms with Crippen molar-refractivity contribution in [2.24, 2.45) is 0 Å². The molecule has 4 heteroatoms. The first-order chi connectivity index (χ1) is 10.1. The van der Waals surface area contributed by atoms with Crippen LogP contribution in [0.2, 0.25) is 5.02 Å². The van der Waals surface area contributed by atoms with Crippen LogP contribution in [0.15, 0.2) is 48.5 Å². The van der Waals surface area contributed by atoms with Gasteiger partial charge in [0.1, 0.15) is 5.75 Å². The van der Waals surface area contributed by atoms with Crippen molar-refractivity contribution in [3.63, 3.8) is 0 Å². The normalized spacial score (nSPS) is 11.9. The number of rotatable bonds is 5. The maximum Gasteiger partial charge on any atom is 0.252 e. The average Bonchev–Trinajstić information content (AvgIpc) is 2.50. The molecule has 2 N–H and O–H groups in total. The Morgan fingerprint density at radius 1 is 1.24 bits per heavy atom. The zero-order valence-corrected chi connectivity index (χ0v) is 12.6. The molecule has 110 valence electrons. The number of phenolic OH excluding ortho intramolecular Hbond substituents is 1. The van der Waals surface area contributed by atoms with Gasteiger partial charge < -0.3 is 10.4 Å². The van der Waals surface area contributed by atoms with E-state index in [0.717, 1.165) is 6.42 Å². The molecule has 0 aliphatic heterocycles. The molecule has 1 amide bonds. The van der Waals surface area contributed by atoms with Crippen LogP contribution in [0.1, 0.15) is 35.2 Å². The summed E-state index contributed by atoms with van der Waals surface area (Å²) < 4.78 is 0. The smallest absolute Gasteiger partial charge is 0.252 e. The lowest BCUT2D eigenvalue weighted by Gasteiger charge is -2.13. The van der Waals surface area contributed by atoms with Crippen LogP contribution >= 0.6 is 11.6 Å². The summed E-state index contributed by atoms with van der Waals surface area (Å²) in [5, 5.41) is 12.6. The Labute approximate surface area is 129 Å². The van der Waals surface area contributed by atoms with E-state index in [4.69, 9.17) is 11.6 Å². The number of hydrogen-bond donors (Lipinski definition) is 2. The summed E-state index contributed by atoms with van der Waals surface area (Å²) in [5.41, 5.74) is 1.55. The van der Waals surface area contributed by atoms with E-state index in [9.17, 15) is 9.90 Å². The predicted molar refractivity (Wildman–Crippen MR) is 84.9 cm³/mol. The summed E-state index contributed by atoms with van der Waals surface area (Å²) >= 11 is 5.96. The summed E-state index contributed by atoms with van der Waals surface area (Å²) in [7, 11) is 0. The molecular formula is C17H18ClNO2. The number of carbonyl (C=O) groups is 1. The van der Waals surface area contributed by atoms with E-state index in [2.05, 4.69) is 24.4 Å². The molecule has 0 aromatic heterocycles. The van der Waals surface area contributed by atoms with Crippen molar-refractivity contribution in [3.05, 3.63) is 64.7 Å². The quantitative estimate of drug-likeness (QED) is 0.878. The third-order valence-electron chi connectivity index (χ3n) is 3.43. The molecule has 0 aliphatic rings. The molecule has 0 fully saturated rings. The van der Waals surface area contributed by atoms with E-state index in [0.29, 0.717) is 23.0 Å². The van der Waals surface area contributed by atoms with E-state index < -0.39 is 0 Å². The van der Waals surface area contributed by atoms with E-state index in [-0.39, 0.29) is 11.7 Å². The zero-order valence-electron chi connectivity index (χ0n) is 11.8. The molecule has 2 aromatic carbocycles. The minimum absolute atomic E-state index is 0.0298. The Morgan fingerprint density at radius 2 is 1.95 bits per heavy atom. The largest absolute Gasteiger partial charge is 0.508 e. The fraction of sp³-hybridized carbons (Fsp3) is 0.235. The van der Waals surface area contributed by atoms with Crippen molar-refractivity contribution in [1.82, 2.24) is 5.32 Å². The summed E-state index contributed by atoms with van der Waals surface area (Å²) in [6.45, 7) is 2.68. The third kappa shape index (κ3) is 4.23. The van der Waals surface area contributed by atoms with Crippen molar-refractivity contribution in [2.45, 2.75) is 19.3 Å². The van der Waals surface area contributed by atoms with Gasteiger partial charge in [0.05, 0.1) is 10.6 Å². The maximum absolute atomic E-state index is 12.0. The van der Waals surface area contributed by atoms with Gasteiger partial charge in [0.2, 0.25) is 0 Å². The zero-order chi connectivity index (χ0) is 15.2. The minimum atomic E-state index is -0.267. The molecule has 0 saturated heterocycles. The monoisotopic (exact) mass is 303 g/mol. The maximum atomic E-state index is 12.0. The first-order valence-corrected chi connectivity index (χ1v) is 7.27. The first-order valence-electron chi connectivity index (χ1n) is 6.89. The van der Waals surface area contributed by atoms with Crippen LogP contribution in [0.3, 0.4) is 0 Å². The lowest BCUT2D eigenvalue weighted by molar-refractivity contribution is 0.0952. The fourth-order valence-electron chi connectivity index (χ4n) is 2.13. The van der Waals surface area contributed by atoms with E-state index in [1.165, 1.54) is 23.8 Å². The van der Waals surface area contributed by atoms with Gasteiger partial charge in [-0.3, -0.25) is 4.79 Å². The molecule has 0 spiro atoms. The van der Waals surface area contributed by atoms with Gasteiger partial charge in [-0.1, -0.05) is 48.9 Å². The van der Waals surface area contributed by atoms with E-state index in [1.54, 1.807) is 0 Å². The Balaban J connectivity index is 1.88. The topological polar surface area (TPSA) is 49.3 Å². The van der Waals surface area contributed by atoms with Crippen LogP contribution in [-0.2, 0) is 0 Å². The number of halogens is 1. The fourth-order valence-corrected chi connectivity index (χ4v) is 2.34. The Morgan fingerprint density at radius 3 is 2.67 bits per heavy atom. The van der Waals surface area contributed by atoms with Gasteiger partial charge in [0.15, 0.2) is 0 Å². The molecule has 1 atom stereocenters. The first kappa shape index (κ1) is 15.4. The summed E-state index contributed by atoms with van der Waals surface area (Å²) in [6, 6.07) is 14.5. The Kier molecular flexibility index (Phi) is 5.23. The van der Waals surface area contributed by atoms with Gasteiger partial charge in [-0.15, -0.1) is 0 Å². The van der Waals surface area contributed by atoms with Crippen molar-refractivity contribution in [1.29, 1.82) is 0 Å². The van der Waals surface area contributed by atoms with Gasteiger partial charge in [-0.2, -0.15) is 0 Å². The number of benzene rings is 2. The van der Waals surface area contributed by atoms with Crippen LogP contribution in [0.5, 0.6) is 5.75 Å². The molecule has 2 rings (SSSR count). The standard InChI is InChI=1S/C17H18ClNO2/c1-12(13-5-3-2-4-6-13)9-10-19-17(21)15-11-14(20)7-8-16(15)18/h2-8,11-12,20H,9-10H2,1H3,(H,19,21). The molecule has 0 bridgehead atoms. The second-order valence-electron chi connectivity index (χ2n) is 5.02. The van der Waals surface area contributed by atoms with E-state index in [1.807, 2.05) is 18.2 Å². The lowest BCUT2D eigenvalue weighted by atomic mass is 9.98. The predicted octanol–water partition coefficient (Wildman–Crippen LogP) is 3.97. The molecule has 1 unspecified atom stereocenters. The number of nitrogens with one attached hydrogen (secondary N) is 1. The number of carbonyl (C=O) groups excluding carboxylic acids is 1.